The molecule has 3 rings (SSSR count). The normalized spacial score (nSPS) is 10.6. The van der Waals surface area contributed by atoms with E-state index in [4.69, 9.17) is 9.47 Å². The topological polar surface area (TPSA) is 64.2 Å². The maximum absolute atomic E-state index is 12.0. The first-order valence-electron chi connectivity index (χ1n) is 6.81. The molecule has 0 unspecified atom stereocenters. The molecule has 111 valence electrons. The molecule has 5 heteroatoms. The summed E-state index contributed by atoms with van der Waals surface area (Å²) in [6.45, 7) is 0. The molecule has 0 aliphatic heterocycles. The summed E-state index contributed by atoms with van der Waals surface area (Å²) in [6.07, 6.45) is 0.609. The van der Waals surface area contributed by atoms with E-state index in [1.54, 1.807) is 26.4 Å². The maximum Gasteiger partial charge on any atom is 0.272 e. The van der Waals surface area contributed by atoms with Gasteiger partial charge in [-0.25, -0.2) is 5.10 Å². The molecule has 1 radical (unpaired) electrons. The minimum absolute atomic E-state index is 0.249. The van der Waals surface area contributed by atoms with Gasteiger partial charge in [0.05, 0.1) is 25.3 Å². The lowest BCUT2D eigenvalue weighted by Gasteiger charge is -2.11. The van der Waals surface area contributed by atoms with Crippen molar-refractivity contribution in [1.29, 1.82) is 0 Å². The highest BCUT2D eigenvalue weighted by atomic mass is 16.5. The van der Waals surface area contributed by atoms with Crippen LogP contribution in [0, 0.1) is 6.07 Å². The van der Waals surface area contributed by atoms with Gasteiger partial charge in [0, 0.05) is 11.8 Å². The van der Waals surface area contributed by atoms with E-state index in [9.17, 15) is 4.79 Å². The summed E-state index contributed by atoms with van der Waals surface area (Å²) >= 11 is 0. The SMILES string of the molecule is COc1cc2c(Cc3cc[c]cc3)n[nH]c(=O)c2cc1OC. The molecule has 1 heterocycles. The molecule has 0 spiro atoms. The number of aromatic nitrogens is 2. The van der Waals surface area contributed by atoms with Crippen molar-refractivity contribution in [2.24, 2.45) is 0 Å². The Balaban J connectivity index is 2.19. The average molecular weight is 295 g/mol. The summed E-state index contributed by atoms with van der Waals surface area (Å²) in [4.78, 5) is 12.0. The van der Waals surface area contributed by atoms with E-state index in [2.05, 4.69) is 16.3 Å². The third-order valence-electron chi connectivity index (χ3n) is 3.53. The van der Waals surface area contributed by atoms with Gasteiger partial charge in [0.15, 0.2) is 11.5 Å². The van der Waals surface area contributed by atoms with Gasteiger partial charge in [-0.2, -0.15) is 5.10 Å². The Morgan fingerprint density at radius 2 is 1.73 bits per heavy atom. The van der Waals surface area contributed by atoms with Crippen LogP contribution in [-0.2, 0) is 6.42 Å². The largest absolute Gasteiger partial charge is 0.493 e. The lowest BCUT2D eigenvalue weighted by molar-refractivity contribution is 0.356. The van der Waals surface area contributed by atoms with Crippen LogP contribution < -0.4 is 15.0 Å². The molecule has 0 saturated heterocycles. The second-order valence-electron chi connectivity index (χ2n) is 4.84. The Hall–Kier alpha value is -2.82. The van der Waals surface area contributed by atoms with Crippen molar-refractivity contribution in [3.05, 3.63) is 64.1 Å². The molecular weight excluding hydrogens is 280 g/mol. The van der Waals surface area contributed by atoms with E-state index in [0.29, 0.717) is 23.3 Å². The van der Waals surface area contributed by atoms with E-state index in [1.165, 1.54) is 0 Å². The zero-order valence-corrected chi connectivity index (χ0v) is 12.3. The van der Waals surface area contributed by atoms with Crippen LogP contribution in [0.1, 0.15) is 11.3 Å². The molecule has 0 fully saturated rings. The predicted octanol–water partition coefficient (Wildman–Crippen LogP) is 2.33. The van der Waals surface area contributed by atoms with Crippen LogP contribution >= 0.6 is 0 Å². The summed E-state index contributed by atoms with van der Waals surface area (Å²) in [5.74, 6) is 1.09. The number of benzene rings is 2. The van der Waals surface area contributed by atoms with Crippen LogP contribution in [0.15, 0.2) is 41.2 Å². The molecular formula is C17H15N2O3. The fraction of sp³-hybridized carbons (Fsp3) is 0.176. The molecule has 3 aromatic rings. The minimum Gasteiger partial charge on any atom is -0.493 e. The Kier molecular flexibility index (Phi) is 3.78. The molecule has 0 saturated carbocycles. The number of fused-ring (bicyclic) bond motifs is 1. The molecule has 2 aromatic carbocycles. The van der Waals surface area contributed by atoms with Crippen LogP contribution in [0.3, 0.4) is 0 Å². The molecule has 0 atom stereocenters. The third-order valence-corrected chi connectivity index (χ3v) is 3.53. The van der Waals surface area contributed by atoms with Crippen LogP contribution in [0.4, 0.5) is 0 Å². The summed E-state index contributed by atoms with van der Waals surface area (Å²) < 4.78 is 10.6. The number of rotatable bonds is 4. The number of aromatic amines is 1. The molecule has 22 heavy (non-hydrogen) atoms. The molecule has 0 amide bonds. The number of H-pyrrole nitrogens is 1. The quantitative estimate of drug-likeness (QED) is 0.802. The fourth-order valence-electron chi connectivity index (χ4n) is 2.41. The molecule has 0 aliphatic carbocycles. The van der Waals surface area contributed by atoms with E-state index in [1.807, 2.05) is 24.3 Å². The van der Waals surface area contributed by atoms with Crippen LogP contribution in [-0.4, -0.2) is 24.4 Å². The van der Waals surface area contributed by atoms with E-state index in [-0.39, 0.29) is 5.56 Å². The van der Waals surface area contributed by atoms with Gasteiger partial charge in [-0.3, -0.25) is 4.79 Å². The highest BCUT2D eigenvalue weighted by molar-refractivity contribution is 5.87. The first-order valence-corrected chi connectivity index (χ1v) is 6.81. The number of nitrogens with zero attached hydrogens (tertiary/aromatic N) is 1. The summed E-state index contributed by atoms with van der Waals surface area (Å²) in [7, 11) is 3.11. The van der Waals surface area contributed by atoms with Gasteiger partial charge in [-0.05, 0) is 23.8 Å². The number of ether oxygens (including phenoxy) is 2. The van der Waals surface area contributed by atoms with E-state index < -0.39 is 0 Å². The monoisotopic (exact) mass is 295 g/mol. The summed E-state index contributed by atoms with van der Waals surface area (Å²) in [6, 6.07) is 14.1. The van der Waals surface area contributed by atoms with Crippen molar-refractivity contribution in [3.63, 3.8) is 0 Å². The van der Waals surface area contributed by atoms with Crippen LogP contribution in [0.5, 0.6) is 11.5 Å². The van der Waals surface area contributed by atoms with Gasteiger partial charge in [-0.15, -0.1) is 0 Å². The zero-order valence-electron chi connectivity index (χ0n) is 12.3. The van der Waals surface area contributed by atoms with Crippen molar-refractivity contribution < 1.29 is 9.47 Å². The van der Waals surface area contributed by atoms with Gasteiger partial charge >= 0.3 is 0 Å². The number of hydrogen-bond acceptors (Lipinski definition) is 4. The Labute approximate surface area is 127 Å². The smallest absolute Gasteiger partial charge is 0.272 e. The van der Waals surface area contributed by atoms with E-state index in [0.717, 1.165) is 16.6 Å². The minimum atomic E-state index is -0.249. The van der Waals surface area contributed by atoms with Gasteiger partial charge < -0.3 is 9.47 Å². The van der Waals surface area contributed by atoms with Crippen LogP contribution in [0.25, 0.3) is 10.8 Å². The lowest BCUT2D eigenvalue weighted by Crippen LogP contribution is -2.12. The standard InChI is InChI=1S/C17H15N2O3/c1-21-15-9-12-13(10-16(15)22-2)17(20)19-18-14(12)8-11-6-4-3-5-7-11/h4-7,9-10H,8H2,1-2H3,(H,19,20). The van der Waals surface area contributed by atoms with Gasteiger partial charge in [0.1, 0.15) is 0 Å². The molecule has 0 bridgehead atoms. The second-order valence-corrected chi connectivity index (χ2v) is 4.84. The first kappa shape index (κ1) is 14.1. The van der Waals surface area contributed by atoms with Crippen LogP contribution in [0.2, 0.25) is 0 Å². The van der Waals surface area contributed by atoms with Crippen molar-refractivity contribution in [3.8, 4) is 11.5 Å². The maximum atomic E-state index is 12.0. The van der Waals surface area contributed by atoms with Crippen molar-refractivity contribution >= 4 is 10.8 Å². The first-order chi connectivity index (χ1) is 10.7. The second kappa shape index (κ2) is 5.89. The fourth-order valence-corrected chi connectivity index (χ4v) is 2.41. The highest BCUT2D eigenvalue weighted by Gasteiger charge is 2.13. The zero-order chi connectivity index (χ0) is 15.5. The summed E-state index contributed by atoms with van der Waals surface area (Å²) in [5, 5.41) is 8.02. The predicted molar refractivity (Wildman–Crippen MR) is 83.6 cm³/mol. The molecule has 5 nitrogen and oxygen atoms in total. The van der Waals surface area contributed by atoms with Gasteiger partial charge in [0.25, 0.3) is 5.56 Å². The molecule has 0 aliphatic rings. The van der Waals surface area contributed by atoms with Gasteiger partial charge in [0.2, 0.25) is 0 Å². The Morgan fingerprint density at radius 1 is 1.09 bits per heavy atom. The lowest BCUT2D eigenvalue weighted by atomic mass is 10.0. The van der Waals surface area contributed by atoms with Crippen molar-refractivity contribution in [2.45, 2.75) is 6.42 Å². The highest BCUT2D eigenvalue weighted by Crippen LogP contribution is 2.32. The third kappa shape index (κ3) is 2.53. The number of hydrogen-bond donors (Lipinski definition) is 1. The average Bonchev–Trinajstić information content (AvgIpc) is 2.57. The number of methoxy groups -OCH3 is 2. The Morgan fingerprint density at radius 3 is 2.36 bits per heavy atom. The van der Waals surface area contributed by atoms with E-state index >= 15 is 0 Å². The Bertz CT molecular complexity index is 857. The summed E-state index contributed by atoms with van der Waals surface area (Å²) in [5.41, 5.74) is 1.62. The number of nitrogens with one attached hydrogen (secondary N) is 1. The van der Waals surface area contributed by atoms with Gasteiger partial charge in [-0.1, -0.05) is 24.3 Å². The van der Waals surface area contributed by atoms with Crippen molar-refractivity contribution in [1.82, 2.24) is 10.2 Å². The molecule has 1 aromatic heterocycles. The van der Waals surface area contributed by atoms with Crippen molar-refractivity contribution in [2.75, 3.05) is 14.2 Å². The molecule has 1 N–H and O–H groups in total.